The maximum atomic E-state index is 13.0. The van der Waals surface area contributed by atoms with Crippen molar-refractivity contribution in [1.29, 1.82) is 0 Å². The maximum absolute atomic E-state index is 13.0. The lowest BCUT2D eigenvalue weighted by molar-refractivity contribution is 0.0955. The van der Waals surface area contributed by atoms with E-state index < -0.39 is 0 Å². The van der Waals surface area contributed by atoms with E-state index in [4.69, 9.17) is 4.42 Å². The van der Waals surface area contributed by atoms with Gasteiger partial charge < -0.3 is 9.73 Å². The number of nitrogens with one attached hydrogen (secondary N) is 2. The Hall–Kier alpha value is -4.19. The zero-order chi connectivity index (χ0) is 24.4. The van der Waals surface area contributed by atoms with E-state index >= 15 is 0 Å². The van der Waals surface area contributed by atoms with Crippen molar-refractivity contribution in [3.8, 4) is 0 Å². The fraction of sp³-hybridized carbons (Fsp3) is 0.207. The third-order valence-electron chi connectivity index (χ3n) is 6.48. The second-order valence-corrected chi connectivity index (χ2v) is 8.74. The van der Waals surface area contributed by atoms with Crippen molar-refractivity contribution in [2.45, 2.75) is 39.5 Å². The predicted octanol–water partition coefficient (Wildman–Crippen LogP) is 6.03. The van der Waals surface area contributed by atoms with Crippen LogP contribution in [0.3, 0.4) is 0 Å². The molecule has 35 heavy (non-hydrogen) atoms. The van der Waals surface area contributed by atoms with E-state index in [2.05, 4.69) is 22.8 Å². The first-order chi connectivity index (χ1) is 17.0. The lowest BCUT2D eigenvalue weighted by atomic mass is 9.93. The molecule has 2 amide bonds. The minimum absolute atomic E-state index is 0.268. The molecule has 1 aliphatic carbocycles. The first-order valence-corrected chi connectivity index (χ1v) is 11.9. The number of rotatable bonds is 5. The summed E-state index contributed by atoms with van der Waals surface area (Å²) in [7, 11) is 0. The van der Waals surface area contributed by atoms with Gasteiger partial charge in [0.1, 0.15) is 5.76 Å². The van der Waals surface area contributed by atoms with E-state index in [0.717, 1.165) is 58.3 Å². The molecule has 0 radical (unpaired) electrons. The molecule has 2 N–H and O–H groups in total. The Morgan fingerprint density at radius 3 is 2.51 bits per heavy atom. The molecule has 0 saturated heterocycles. The standard InChI is InChI=1S/C29H27N3O3/c1-3-19-14-16-21(17-15-19)30-29(34)27-18(2)26-24(12-7-13-25(26)35-27)31-32-28(33)23-11-6-9-20-8-4-5-10-22(20)23/h4-6,8-11,14-17H,3,7,12-13H2,1-2H3,(H,30,34)(H,32,33)/b31-24+. The monoisotopic (exact) mass is 465 g/mol. The van der Waals surface area contributed by atoms with Crippen LogP contribution >= 0.6 is 0 Å². The molecule has 1 aliphatic rings. The van der Waals surface area contributed by atoms with Crippen molar-refractivity contribution in [3.05, 3.63) is 101 Å². The number of hydrogen-bond donors (Lipinski definition) is 2. The second-order valence-electron chi connectivity index (χ2n) is 8.74. The molecular weight excluding hydrogens is 438 g/mol. The quantitative estimate of drug-likeness (QED) is 0.353. The number of anilines is 1. The van der Waals surface area contributed by atoms with Gasteiger partial charge in [0.2, 0.25) is 0 Å². The smallest absolute Gasteiger partial charge is 0.291 e. The Morgan fingerprint density at radius 2 is 1.71 bits per heavy atom. The van der Waals surface area contributed by atoms with Crippen molar-refractivity contribution >= 4 is 34.0 Å². The molecule has 0 atom stereocenters. The molecule has 0 aliphatic heterocycles. The SMILES string of the molecule is CCc1ccc(NC(=O)c2oc3c(c2C)/C(=N/NC(=O)c2cccc4ccccc24)CCC3)cc1. The highest BCUT2D eigenvalue weighted by Gasteiger charge is 2.28. The fourth-order valence-electron chi connectivity index (χ4n) is 4.61. The van der Waals surface area contributed by atoms with E-state index in [0.29, 0.717) is 12.0 Å². The number of hydrogen-bond acceptors (Lipinski definition) is 4. The molecule has 3 aromatic carbocycles. The average Bonchev–Trinajstić information content (AvgIpc) is 3.24. The number of hydrazone groups is 1. The second kappa shape index (κ2) is 9.58. The number of nitrogens with zero attached hydrogens (tertiary/aromatic N) is 1. The third kappa shape index (κ3) is 4.47. The number of carbonyl (C=O) groups excluding carboxylic acids is 2. The van der Waals surface area contributed by atoms with Crippen LogP contribution in [-0.4, -0.2) is 17.5 Å². The van der Waals surface area contributed by atoms with Crippen molar-refractivity contribution in [2.24, 2.45) is 5.10 Å². The Balaban J connectivity index is 1.38. The molecule has 0 bridgehead atoms. The summed E-state index contributed by atoms with van der Waals surface area (Å²) in [6, 6.07) is 21.2. The van der Waals surface area contributed by atoms with Gasteiger partial charge in [0, 0.05) is 28.8 Å². The number of amides is 2. The summed E-state index contributed by atoms with van der Waals surface area (Å²) in [6.07, 6.45) is 3.20. The number of fused-ring (bicyclic) bond motifs is 2. The van der Waals surface area contributed by atoms with Gasteiger partial charge in [-0.2, -0.15) is 5.10 Å². The molecule has 0 spiro atoms. The van der Waals surface area contributed by atoms with Crippen LogP contribution in [0.5, 0.6) is 0 Å². The molecule has 6 heteroatoms. The molecule has 5 rings (SSSR count). The van der Waals surface area contributed by atoms with Crippen LogP contribution in [0.25, 0.3) is 10.8 Å². The molecule has 4 aromatic rings. The first kappa shape index (κ1) is 22.6. The van der Waals surface area contributed by atoms with Gasteiger partial charge in [-0.1, -0.05) is 55.5 Å². The van der Waals surface area contributed by atoms with Crippen molar-refractivity contribution < 1.29 is 14.0 Å². The molecule has 0 unspecified atom stereocenters. The van der Waals surface area contributed by atoms with Gasteiger partial charge in [0.25, 0.3) is 11.8 Å². The van der Waals surface area contributed by atoms with Gasteiger partial charge in [0.15, 0.2) is 5.76 Å². The Kier molecular flexibility index (Phi) is 6.19. The fourth-order valence-corrected chi connectivity index (χ4v) is 4.61. The summed E-state index contributed by atoms with van der Waals surface area (Å²) in [5.74, 6) is 0.458. The summed E-state index contributed by atoms with van der Waals surface area (Å²) in [4.78, 5) is 25.9. The summed E-state index contributed by atoms with van der Waals surface area (Å²) in [6.45, 7) is 3.96. The number of aryl methyl sites for hydroxylation is 2. The van der Waals surface area contributed by atoms with Gasteiger partial charge in [-0.3, -0.25) is 9.59 Å². The van der Waals surface area contributed by atoms with Crippen LogP contribution in [0.15, 0.2) is 76.2 Å². The van der Waals surface area contributed by atoms with E-state index in [1.165, 1.54) is 5.56 Å². The first-order valence-electron chi connectivity index (χ1n) is 11.9. The maximum Gasteiger partial charge on any atom is 0.291 e. The third-order valence-corrected chi connectivity index (χ3v) is 6.48. The zero-order valence-corrected chi connectivity index (χ0v) is 19.9. The Bertz CT molecular complexity index is 1440. The van der Waals surface area contributed by atoms with Gasteiger partial charge in [-0.25, -0.2) is 5.43 Å². The van der Waals surface area contributed by atoms with E-state index in [1.807, 2.05) is 67.6 Å². The zero-order valence-electron chi connectivity index (χ0n) is 19.9. The van der Waals surface area contributed by atoms with E-state index in [9.17, 15) is 9.59 Å². The average molecular weight is 466 g/mol. The molecule has 176 valence electrons. The Morgan fingerprint density at radius 1 is 0.943 bits per heavy atom. The lowest BCUT2D eigenvalue weighted by Crippen LogP contribution is -2.22. The normalized spacial score (nSPS) is 14.1. The van der Waals surface area contributed by atoms with E-state index in [1.54, 1.807) is 6.07 Å². The summed E-state index contributed by atoms with van der Waals surface area (Å²) < 4.78 is 5.99. The van der Waals surface area contributed by atoms with Gasteiger partial charge in [0.05, 0.1) is 5.71 Å². The van der Waals surface area contributed by atoms with Crippen LogP contribution in [0.4, 0.5) is 5.69 Å². The van der Waals surface area contributed by atoms with Crippen molar-refractivity contribution in [2.75, 3.05) is 5.32 Å². The minimum Gasteiger partial charge on any atom is -0.455 e. The summed E-state index contributed by atoms with van der Waals surface area (Å²) in [5.41, 5.74) is 7.51. The van der Waals surface area contributed by atoms with Crippen LogP contribution in [0.2, 0.25) is 0 Å². The topological polar surface area (TPSA) is 83.7 Å². The Labute approximate surface area is 204 Å². The molecule has 0 fully saturated rings. The van der Waals surface area contributed by atoms with Crippen LogP contribution in [0, 0.1) is 6.92 Å². The largest absolute Gasteiger partial charge is 0.455 e. The van der Waals surface area contributed by atoms with Crippen molar-refractivity contribution in [3.63, 3.8) is 0 Å². The highest BCUT2D eigenvalue weighted by Crippen LogP contribution is 2.30. The van der Waals surface area contributed by atoms with Crippen LogP contribution in [0.1, 0.15) is 63.1 Å². The molecule has 1 heterocycles. The molecule has 6 nitrogen and oxygen atoms in total. The van der Waals surface area contributed by atoms with E-state index in [-0.39, 0.29) is 17.6 Å². The minimum atomic E-state index is -0.291. The van der Waals surface area contributed by atoms with Gasteiger partial charge in [-0.05, 0) is 60.7 Å². The lowest BCUT2D eigenvalue weighted by Gasteiger charge is -2.13. The molecule has 1 aromatic heterocycles. The predicted molar refractivity (Wildman–Crippen MR) is 138 cm³/mol. The van der Waals surface area contributed by atoms with Crippen molar-refractivity contribution in [1.82, 2.24) is 5.43 Å². The number of carbonyl (C=O) groups is 2. The number of furan rings is 1. The van der Waals surface area contributed by atoms with Crippen LogP contribution in [-0.2, 0) is 12.8 Å². The summed E-state index contributed by atoms with van der Waals surface area (Å²) >= 11 is 0. The number of benzene rings is 3. The van der Waals surface area contributed by atoms with Crippen LogP contribution < -0.4 is 10.7 Å². The highest BCUT2D eigenvalue weighted by atomic mass is 16.4. The molecular formula is C29H27N3O3. The van der Waals surface area contributed by atoms with Gasteiger partial charge >= 0.3 is 0 Å². The van der Waals surface area contributed by atoms with Gasteiger partial charge in [-0.15, -0.1) is 0 Å². The molecule has 0 saturated carbocycles. The highest BCUT2D eigenvalue weighted by molar-refractivity contribution is 6.11. The summed E-state index contributed by atoms with van der Waals surface area (Å²) in [5, 5.41) is 9.27.